The molecular formula is C24H24FNO2. The smallest absolute Gasteiger partial charge is 0.335 e. The molecule has 4 heteroatoms. The van der Waals surface area contributed by atoms with Crippen LogP contribution in [0.25, 0.3) is 5.57 Å². The van der Waals surface area contributed by atoms with E-state index in [0.29, 0.717) is 23.3 Å². The van der Waals surface area contributed by atoms with Crippen molar-refractivity contribution in [3.8, 4) is 0 Å². The lowest BCUT2D eigenvalue weighted by Crippen LogP contribution is -2.41. The Labute approximate surface area is 164 Å². The van der Waals surface area contributed by atoms with E-state index in [-0.39, 0.29) is 11.2 Å². The van der Waals surface area contributed by atoms with Gasteiger partial charge in [-0.2, -0.15) is 0 Å². The number of aromatic nitrogens is 1. The highest BCUT2D eigenvalue weighted by atomic mass is 19.1. The zero-order valence-electron chi connectivity index (χ0n) is 16.0. The van der Waals surface area contributed by atoms with Gasteiger partial charge in [-0.1, -0.05) is 19.1 Å². The first-order valence-electron chi connectivity index (χ1n) is 10.1. The number of allylic oxidation sites excluding steroid dienone is 2. The molecule has 3 aliphatic carbocycles. The van der Waals surface area contributed by atoms with Gasteiger partial charge in [0.05, 0.1) is 11.8 Å². The average Bonchev–Trinajstić information content (AvgIpc) is 3.04. The summed E-state index contributed by atoms with van der Waals surface area (Å²) in [7, 11) is 0. The molecule has 2 aromatic rings. The normalized spacial score (nSPS) is 30.8. The van der Waals surface area contributed by atoms with Crippen molar-refractivity contribution >= 4 is 11.5 Å². The van der Waals surface area contributed by atoms with Gasteiger partial charge in [0.2, 0.25) is 0 Å². The molecule has 0 saturated heterocycles. The minimum absolute atomic E-state index is 0.0646. The van der Waals surface area contributed by atoms with Crippen molar-refractivity contribution in [3.05, 3.63) is 70.8 Å². The van der Waals surface area contributed by atoms with Crippen LogP contribution < -0.4 is 0 Å². The number of fused-ring (bicyclic) bond motifs is 5. The molecule has 0 spiro atoms. The Morgan fingerprint density at radius 1 is 1.25 bits per heavy atom. The molecule has 0 radical (unpaired) electrons. The number of aryl methyl sites for hydroxylation is 1. The predicted octanol–water partition coefficient (Wildman–Crippen LogP) is 5.47. The van der Waals surface area contributed by atoms with Gasteiger partial charge in [0, 0.05) is 6.20 Å². The van der Waals surface area contributed by atoms with Crippen LogP contribution >= 0.6 is 0 Å². The Kier molecular flexibility index (Phi) is 3.94. The maximum Gasteiger partial charge on any atom is 0.335 e. The summed E-state index contributed by atoms with van der Waals surface area (Å²) in [5.74, 6) is 0.520. The Morgan fingerprint density at radius 2 is 2.11 bits per heavy atom. The largest absolute Gasteiger partial charge is 0.478 e. The van der Waals surface area contributed by atoms with E-state index in [1.807, 2.05) is 6.07 Å². The van der Waals surface area contributed by atoms with E-state index in [1.165, 1.54) is 22.9 Å². The zero-order valence-corrected chi connectivity index (χ0v) is 16.0. The maximum absolute atomic E-state index is 13.8. The second kappa shape index (κ2) is 6.26. The summed E-state index contributed by atoms with van der Waals surface area (Å²) in [5, 5.41) is 9.29. The zero-order chi connectivity index (χ0) is 19.5. The van der Waals surface area contributed by atoms with Gasteiger partial charge in [-0.25, -0.2) is 9.18 Å². The number of carboxylic acid groups (broad SMARTS) is 1. The summed E-state index contributed by atoms with van der Waals surface area (Å²) in [5.41, 5.74) is 5.20. The average molecular weight is 377 g/mol. The van der Waals surface area contributed by atoms with Gasteiger partial charge < -0.3 is 5.11 Å². The Bertz CT molecular complexity index is 998. The molecule has 1 aromatic carbocycles. The van der Waals surface area contributed by atoms with Gasteiger partial charge in [0.25, 0.3) is 0 Å². The molecule has 4 atom stereocenters. The van der Waals surface area contributed by atoms with Gasteiger partial charge in [-0.15, -0.1) is 0 Å². The summed E-state index contributed by atoms with van der Waals surface area (Å²) in [6.45, 7) is 2.35. The number of aromatic carboxylic acids is 1. The van der Waals surface area contributed by atoms with Crippen LogP contribution in [0.5, 0.6) is 0 Å². The van der Waals surface area contributed by atoms with Crippen molar-refractivity contribution in [3.63, 3.8) is 0 Å². The standard InChI is InChI=1S/C24H24FNO2/c1-24-9-8-19-18-4-3-15(23(27)28)10-14(18)2-5-20(19)22(24)7-6-21(24)16-11-17(25)13-26-12-16/h3-4,6,10-13,19-20,22H,2,5,7-9H2,1H3,(H,27,28)/t19-,20-,22+,24-/m1/s1. The van der Waals surface area contributed by atoms with Crippen molar-refractivity contribution < 1.29 is 14.3 Å². The van der Waals surface area contributed by atoms with E-state index in [1.54, 1.807) is 18.3 Å². The van der Waals surface area contributed by atoms with E-state index in [4.69, 9.17) is 0 Å². The van der Waals surface area contributed by atoms with E-state index >= 15 is 0 Å². The highest BCUT2D eigenvalue weighted by Gasteiger charge is 2.51. The lowest BCUT2D eigenvalue weighted by molar-refractivity contribution is 0.0696. The molecule has 28 heavy (non-hydrogen) atoms. The third-order valence-electron chi connectivity index (χ3n) is 7.57. The van der Waals surface area contributed by atoms with Crippen molar-refractivity contribution in [1.82, 2.24) is 4.98 Å². The summed E-state index contributed by atoms with van der Waals surface area (Å²) in [6, 6.07) is 7.30. The first-order chi connectivity index (χ1) is 13.5. The van der Waals surface area contributed by atoms with E-state index in [9.17, 15) is 14.3 Å². The van der Waals surface area contributed by atoms with Crippen molar-refractivity contribution in [2.75, 3.05) is 0 Å². The molecule has 3 aliphatic rings. The van der Waals surface area contributed by atoms with Crippen LogP contribution in [0.1, 0.15) is 65.6 Å². The van der Waals surface area contributed by atoms with Gasteiger partial charge in [0.1, 0.15) is 5.82 Å². The number of hydrogen-bond donors (Lipinski definition) is 1. The maximum atomic E-state index is 13.8. The highest BCUT2D eigenvalue weighted by molar-refractivity contribution is 5.88. The molecule has 1 fully saturated rings. The minimum Gasteiger partial charge on any atom is -0.478 e. The quantitative estimate of drug-likeness (QED) is 0.755. The van der Waals surface area contributed by atoms with Crippen molar-refractivity contribution in [2.24, 2.45) is 17.3 Å². The molecule has 144 valence electrons. The second-order valence-electron chi connectivity index (χ2n) is 8.84. The Morgan fingerprint density at radius 3 is 2.89 bits per heavy atom. The fraction of sp³-hybridized carbons (Fsp3) is 0.417. The highest BCUT2D eigenvalue weighted by Crippen LogP contribution is 2.63. The molecule has 1 aromatic heterocycles. The number of carbonyl (C=O) groups is 1. The van der Waals surface area contributed by atoms with Crippen LogP contribution in [-0.2, 0) is 6.42 Å². The summed E-state index contributed by atoms with van der Waals surface area (Å²) in [4.78, 5) is 15.4. The van der Waals surface area contributed by atoms with Crippen LogP contribution in [0.2, 0.25) is 0 Å². The molecule has 0 unspecified atom stereocenters. The van der Waals surface area contributed by atoms with E-state index < -0.39 is 5.97 Å². The summed E-state index contributed by atoms with van der Waals surface area (Å²) in [6.07, 6.45) is 10.6. The summed E-state index contributed by atoms with van der Waals surface area (Å²) >= 11 is 0. The molecule has 0 aliphatic heterocycles. The molecule has 1 N–H and O–H groups in total. The third-order valence-corrected chi connectivity index (χ3v) is 7.57. The first-order valence-corrected chi connectivity index (χ1v) is 10.1. The van der Waals surface area contributed by atoms with Gasteiger partial charge in [0.15, 0.2) is 0 Å². The number of rotatable bonds is 2. The number of benzene rings is 1. The number of nitrogens with zero attached hydrogens (tertiary/aromatic N) is 1. The predicted molar refractivity (Wildman–Crippen MR) is 106 cm³/mol. The van der Waals surface area contributed by atoms with Crippen LogP contribution in [0.3, 0.4) is 0 Å². The van der Waals surface area contributed by atoms with Crippen LogP contribution in [0.15, 0.2) is 42.7 Å². The van der Waals surface area contributed by atoms with E-state index in [2.05, 4.69) is 24.1 Å². The third kappa shape index (κ3) is 2.54. The van der Waals surface area contributed by atoms with E-state index in [0.717, 1.165) is 37.7 Å². The molecule has 5 rings (SSSR count). The van der Waals surface area contributed by atoms with Gasteiger partial charge in [-0.05, 0) is 95.7 Å². The number of pyridine rings is 1. The van der Waals surface area contributed by atoms with Crippen LogP contribution in [0.4, 0.5) is 4.39 Å². The molecule has 0 amide bonds. The molecule has 3 nitrogen and oxygen atoms in total. The molecular weight excluding hydrogens is 353 g/mol. The number of halogens is 1. The van der Waals surface area contributed by atoms with Crippen molar-refractivity contribution in [2.45, 2.75) is 44.9 Å². The first kappa shape index (κ1) is 17.6. The monoisotopic (exact) mass is 377 g/mol. The van der Waals surface area contributed by atoms with Gasteiger partial charge >= 0.3 is 5.97 Å². The van der Waals surface area contributed by atoms with Crippen molar-refractivity contribution in [1.29, 1.82) is 0 Å². The van der Waals surface area contributed by atoms with Gasteiger partial charge in [-0.3, -0.25) is 4.98 Å². The fourth-order valence-electron chi connectivity index (χ4n) is 6.29. The fourth-order valence-corrected chi connectivity index (χ4v) is 6.29. The molecule has 0 bridgehead atoms. The molecule has 1 heterocycles. The minimum atomic E-state index is -0.852. The SMILES string of the molecule is C[C@]12CC[C@@H]3c4ccc(C(=O)O)cc4CC[C@H]3[C@@H]1CC=C2c1cncc(F)c1. The number of hydrogen-bond acceptors (Lipinski definition) is 2. The number of carboxylic acids is 1. The Balaban J connectivity index is 1.47. The van der Waals surface area contributed by atoms with Crippen LogP contribution in [0, 0.1) is 23.1 Å². The lowest BCUT2D eigenvalue weighted by atomic mass is 9.54. The topological polar surface area (TPSA) is 50.2 Å². The lowest BCUT2D eigenvalue weighted by Gasteiger charge is -2.50. The summed E-state index contributed by atoms with van der Waals surface area (Å²) < 4.78 is 13.8. The second-order valence-corrected chi connectivity index (χ2v) is 8.84. The Hall–Kier alpha value is -2.49. The molecule has 1 saturated carbocycles. The van der Waals surface area contributed by atoms with Crippen LogP contribution in [-0.4, -0.2) is 16.1 Å².